The minimum absolute atomic E-state index is 0.0280. The number of halogens is 2. The van der Waals surface area contributed by atoms with E-state index in [0.717, 1.165) is 6.20 Å². The number of nitrogen functional groups attached to an aromatic ring is 1. The second-order valence-corrected chi connectivity index (χ2v) is 3.38. The Kier molecular flexibility index (Phi) is 3.19. The fraction of sp³-hybridized carbons (Fsp3) is 0. The van der Waals surface area contributed by atoms with E-state index in [1.807, 2.05) is 0 Å². The van der Waals surface area contributed by atoms with E-state index in [-0.39, 0.29) is 11.7 Å². The molecule has 9 heteroatoms. The number of anilines is 1. The first-order valence-electron chi connectivity index (χ1n) is 4.86. The van der Waals surface area contributed by atoms with Crippen molar-refractivity contribution in [1.82, 2.24) is 9.97 Å². The Hall–Kier alpha value is -2.84. The van der Waals surface area contributed by atoms with Crippen molar-refractivity contribution in [2.24, 2.45) is 0 Å². The Bertz CT molecular complexity index is 651. The van der Waals surface area contributed by atoms with E-state index in [1.165, 1.54) is 6.20 Å². The molecule has 0 aliphatic heterocycles. The van der Waals surface area contributed by atoms with Gasteiger partial charge in [-0.3, -0.25) is 15.1 Å². The quantitative estimate of drug-likeness (QED) is 0.674. The summed E-state index contributed by atoms with van der Waals surface area (Å²) in [4.78, 5) is 16.7. The van der Waals surface area contributed by atoms with Gasteiger partial charge in [0.05, 0.1) is 23.4 Å². The first kappa shape index (κ1) is 12.6. The molecule has 2 aromatic rings. The molecule has 2 rings (SSSR count). The zero-order valence-corrected chi connectivity index (χ0v) is 9.21. The third-order valence-corrected chi connectivity index (χ3v) is 2.04. The number of hydrogen-bond donors (Lipinski definition) is 1. The predicted octanol–water partition coefficient (Wildman–Crippen LogP) is 2.04. The fourth-order valence-corrected chi connectivity index (χ4v) is 1.26. The van der Waals surface area contributed by atoms with E-state index in [2.05, 4.69) is 9.97 Å². The van der Waals surface area contributed by atoms with Crippen LogP contribution in [0.2, 0.25) is 0 Å². The summed E-state index contributed by atoms with van der Waals surface area (Å²) in [6.07, 6.45) is 2.37. The highest BCUT2D eigenvalue weighted by molar-refractivity contribution is 5.41. The molecule has 0 fully saturated rings. The van der Waals surface area contributed by atoms with Crippen LogP contribution in [0.4, 0.5) is 20.3 Å². The third kappa shape index (κ3) is 2.70. The number of ether oxygens (including phenoxy) is 1. The zero-order valence-electron chi connectivity index (χ0n) is 9.21. The van der Waals surface area contributed by atoms with Gasteiger partial charge in [0.25, 0.3) is 0 Å². The molecular formula is C10H6F2N4O3. The molecule has 1 heterocycles. The average molecular weight is 268 g/mol. The summed E-state index contributed by atoms with van der Waals surface area (Å²) in [7, 11) is 0. The maximum atomic E-state index is 13.5. The van der Waals surface area contributed by atoms with Gasteiger partial charge in [0.15, 0.2) is 11.6 Å². The van der Waals surface area contributed by atoms with Crippen LogP contribution in [0.3, 0.4) is 0 Å². The molecule has 0 saturated heterocycles. The number of nitrogens with two attached hydrogens (primary N) is 1. The highest BCUT2D eigenvalue weighted by atomic mass is 19.1. The number of rotatable bonds is 3. The molecule has 0 aliphatic carbocycles. The molecular weight excluding hydrogens is 262 g/mol. The van der Waals surface area contributed by atoms with Gasteiger partial charge in [-0.25, -0.2) is 4.39 Å². The van der Waals surface area contributed by atoms with Crippen LogP contribution in [0.5, 0.6) is 11.6 Å². The topological polar surface area (TPSA) is 104 Å². The van der Waals surface area contributed by atoms with Crippen LogP contribution in [0.15, 0.2) is 24.5 Å². The van der Waals surface area contributed by atoms with Crippen LogP contribution >= 0.6 is 0 Å². The summed E-state index contributed by atoms with van der Waals surface area (Å²) in [6, 6.07) is 0.975. The summed E-state index contributed by atoms with van der Waals surface area (Å²) in [5.74, 6) is -3.01. The van der Waals surface area contributed by atoms with Crippen molar-refractivity contribution in [3.05, 3.63) is 46.3 Å². The third-order valence-electron chi connectivity index (χ3n) is 2.04. The molecule has 0 saturated carbocycles. The van der Waals surface area contributed by atoms with Gasteiger partial charge < -0.3 is 10.5 Å². The lowest BCUT2D eigenvalue weighted by atomic mass is 10.3. The Morgan fingerprint density at radius 3 is 2.63 bits per heavy atom. The first-order chi connectivity index (χ1) is 8.97. The van der Waals surface area contributed by atoms with Gasteiger partial charge in [-0.2, -0.15) is 9.37 Å². The predicted molar refractivity (Wildman–Crippen MR) is 59.5 cm³/mol. The van der Waals surface area contributed by atoms with Crippen molar-refractivity contribution in [3.63, 3.8) is 0 Å². The van der Waals surface area contributed by atoms with Crippen molar-refractivity contribution in [2.45, 2.75) is 0 Å². The van der Waals surface area contributed by atoms with Crippen molar-refractivity contribution in [2.75, 3.05) is 5.73 Å². The highest BCUT2D eigenvalue weighted by Crippen LogP contribution is 2.29. The van der Waals surface area contributed by atoms with Crippen LogP contribution in [0.25, 0.3) is 0 Å². The van der Waals surface area contributed by atoms with Gasteiger partial charge in [-0.05, 0) is 0 Å². The van der Waals surface area contributed by atoms with E-state index in [1.54, 1.807) is 0 Å². The maximum absolute atomic E-state index is 13.5. The Labute approximate surface area is 104 Å². The number of benzene rings is 1. The minimum Gasteiger partial charge on any atom is -0.434 e. The van der Waals surface area contributed by atoms with E-state index in [0.29, 0.717) is 12.1 Å². The molecule has 0 amide bonds. The van der Waals surface area contributed by atoms with Gasteiger partial charge in [-0.1, -0.05) is 0 Å². The molecule has 0 radical (unpaired) electrons. The summed E-state index contributed by atoms with van der Waals surface area (Å²) < 4.78 is 31.7. The molecule has 0 spiro atoms. The zero-order chi connectivity index (χ0) is 14.0. The van der Waals surface area contributed by atoms with Gasteiger partial charge in [0.2, 0.25) is 11.7 Å². The second kappa shape index (κ2) is 4.80. The summed E-state index contributed by atoms with van der Waals surface area (Å²) in [5, 5.41) is 10.4. The Balaban J connectivity index is 2.36. The smallest absolute Gasteiger partial charge is 0.307 e. The van der Waals surface area contributed by atoms with Gasteiger partial charge in [0.1, 0.15) is 5.82 Å². The standard InChI is InChI=1S/C10H6F2N4O3/c11-5-2-8(6(12)1-7(5)16(17)18)19-10-4-14-3-9(13)15-10/h1-4H,(H2,13,15). The lowest BCUT2D eigenvalue weighted by Gasteiger charge is -2.06. The molecule has 0 bridgehead atoms. The van der Waals surface area contributed by atoms with Crippen molar-refractivity contribution in [3.8, 4) is 11.6 Å². The minimum atomic E-state index is -1.22. The Morgan fingerprint density at radius 1 is 1.26 bits per heavy atom. The highest BCUT2D eigenvalue weighted by Gasteiger charge is 2.20. The largest absolute Gasteiger partial charge is 0.434 e. The number of nitro groups is 1. The number of nitrogens with zero attached hydrogens (tertiary/aromatic N) is 3. The average Bonchev–Trinajstić information content (AvgIpc) is 2.33. The number of aromatic nitrogens is 2. The van der Waals surface area contributed by atoms with Crippen LogP contribution in [-0.4, -0.2) is 14.9 Å². The van der Waals surface area contributed by atoms with Crippen molar-refractivity contribution >= 4 is 11.5 Å². The summed E-state index contributed by atoms with van der Waals surface area (Å²) in [5.41, 5.74) is 4.35. The monoisotopic (exact) mass is 268 g/mol. The van der Waals surface area contributed by atoms with E-state index in [4.69, 9.17) is 10.5 Å². The van der Waals surface area contributed by atoms with Gasteiger partial charge in [-0.15, -0.1) is 0 Å². The molecule has 98 valence electrons. The number of hydrogen-bond acceptors (Lipinski definition) is 6. The number of nitro benzene ring substituents is 1. The van der Waals surface area contributed by atoms with E-state index in [9.17, 15) is 18.9 Å². The molecule has 1 aromatic carbocycles. The van der Waals surface area contributed by atoms with Crippen molar-refractivity contribution in [1.29, 1.82) is 0 Å². The molecule has 0 aliphatic rings. The summed E-state index contributed by atoms with van der Waals surface area (Å²) in [6.45, 7) is 0. The molecule has 1 aromatic heterocycles. The van der Waals surface area contributed by atoms with Crippen LogP contribution < -0.4 is 10.5 Å². The lowest BCUT2D eigenvalue weighted by Crippen LogP contribution is -1.99. The first-order valence-corrected chi connectivity index (χ1v) is 4.86. The fourth-order valence-electron chi connectivity index (χ4n) is 1.26. The maximum Gasteiger partial charge on any atom is 0.307 e. The van der Waals surface area contributed by atoms with Crippen LogP contribution in [-0.2, 0) is 0 Å². The van der Waals surface area contributed by atoms with Gasteiger partial charge in [0, 0.05) is 6.07 Å². The molecule has 2 N–H and O–H groups in total. The molecule has 0 unspecified atom stereocenters. The van der Waals surface area contributed by atoms with E-state index >= 15 is 0 Å². The van der Waals surface area contributed by atoms with Crippen molar-refractivity contribution < 1.29 is 18.4 Å². The summed E-state index contributed by atoms with van der Waals surface area (Å²) >= 11 is 0. The second-order valence-electron chi connectivity index (χ2n) is 3.38. The molecule has 19 heavy (non-hydrogen) atoms. The van der Waals surface area contributed by atoms with E-state index < -0.39 is 28.0 Å². The lowest BCUT2D eigenvalue weighted by molar-refractivity contribution is -0.387. The van der Waals surface area contributed by atoms with Crippen LogP contribution in [0.1, 0.15) is 0 Å². The Morgan fingerprint density at radius 2 is 2.00 bits per heavy atom. The molecule has 7 nitrogen and oxygen atoms in total. The van der Waals surface area contributed by atoms with Crippen LogP contribution in [0, 0.1) is 21.7 Å². The normalized spacial score (nSPS) is 10.2. The molecule has 0 atom stereocenters. The SMILES string of the molecule is Nc1cncc(Oc2cc(F)c([N+](=O)[O-])cc2F)n1. The van der Waals surface area contributed by atoms with Gasteiger partial charge >= 0.3 is 5.69 Å².